The summed E-state index contributed by atoms with van der Waals surface area (Å²) in [6.07, 6.45) is 3.66. The predicted octanol–water partition coefficient (Wildman–Crippen LogP) is 5.32. The lowest BCUT2D eigenvalue weighted by Gasteiger charge is -2.34. The van der Waals surface area contributed by atoms with E-state index in [1.54, 1.807) is 35.1 Å². The van der Waals surface area contributed by atoms with E-state index in [-0.39, 0.29) is 11.8 Å². The number of amides is 2. The Morgan fingerprint density at radius 3 is 1.88 bits per heavy atom. The summed E-state index contributed by atoms with van der Waals surface area (Å²) in [7, 11) is 6.16. The average Bonchev–Trinajstić information content (AvgIpc) is 3.06. The van der Waals surface area contributed by atoms with E-state index in [4.69, 9.17) is 23.7 Å². The maximum Gasteiger partial charge on any atom is 0.254 e. The van der Waals surface area contributed by atoms with Crippen LogP contribution in [0, 0.1) is 0 Å². The fourth-order valence-corrected chi connectivity index (χ4v) is 4.96. The molecule has 0 bridgehead atoms. The quantitative estimate of drug-likeness (QED) is 0.209. The summed E-state index contributed by atoms with van der Waals surface area (Å²) in [5, 5.41) is 0. The minimum atomic E-state index is -0.166. The summed E-state index contributed by atoms with van der Waals surface area (Å²) in [6.45, 7) is 4.33. The molecule has 0 aromatic heterocycles. The van der Waals surface area contributed by atoms with Gasteiger partial charge in [0.15, 0.2) is 23.0 Å². The number of nitrogens with zero attached hydrogens (tertiary/aromatic N) is 2. The van der Waals surface area contributed by atoms with E-state index < -0.39 is 0 Å². The third-order valence-electron chi connectivity index (χ3n) is 7.37. The highest BCUT2D eigenvalue weighted by molar-refractivity contribution is 6.00. The first-order valence-electron chi connectivity index (χ1n) is 14.4. The molecule has 43 heavy (non-hydrogen) atoms. The lowest BCUT2D eigenvalue weighted by atomic mass is 9.96. The minimum absolute atomic E-state index is 0.124. The van der Waals surface area contributed by atoms with E-state index in [2.05, 4.69) is 6.92 Å². The average molecular weight is 589 g/mol. The molecule has 9 heteroatoms. The van der Waals surface area contributed by atoms with Gasteiger partial charge in [-0.25, -0.2) is 0 Å². The zero-order valence-electron chi connectivity index (χ0n) is 25.6. The Kier molecular flexibility index (Phi) is 10.9. The van der Waals surface area contributed by atoms with Crippen molar-refractivity contribution >= 4 is 17.4 Å². The van der Waals surface area contributed by atoms with Crippen LogP contribution in [0.4, 0.5) is 0 Å². The van der Waals surface area contributed by atoms with E-state index in [1.165, 1.54) is 21.3 Å². The van der Waals surface area contributed by atoms with Crippen LogP contribution in [0.2, 0.25) is 0 Å². The van der Waals surface area contributed by atoms with Crippen molar-refractivity contribution in [2.75, 3.05) is 61.2 Å². The highest BCUT2D eigenvalue weighted by Gasteiger charge is 2.26. The van der Waals surface area contributed by atoms with Crippen molar-refractivity contribution in [2.24, 2.45) is 0 Å². The largest absolute Gasteiger partial charge is 0.493 e. The molecule has 0 spiro atoms. The second-order valence-corrected chi connectivity index (χ2v) is 10.0. The molecule has 4 rings (SSSR count). The lowest BCUT2D eigenvalue weighted by Crippen LogP contribution is -2.50. The number of benzene rings is 3. The van der Waals surface area contributed by atoms with Gasteiger partial charge in [0.05, 0.1) is 35.0 Å². The Morgan fingerprint density at radius 2 is 1.30 bits per heavy atom. The highest BCUT2D eigenvalue weighted by atomic mass is 16.5. The molecule has 0 saturated carbocycles. The summed E-state index contributed by atoms with van der Waals surface area (Å²) < 4.78 is 27.7. The summed E-state index contributed by atoms with van der Waals surface area (Å²) >= 11 is 0. The Bertz CT molecular complexity index is 1400. The SMILES string of the molecule is CCCCOc1ccc(C(=CC(=O)N2CCN(C(=O)c3cc(OC)c(OC)c(OC)c3)CC2)c2ccccc2)cc1OC. The van der Waals surface area contributed by atoms with Gasteiger partial charge in [0, 0.05) is 37.8 Å². The number of hydrogen-bond acceptors (Lipinski definition) is 7. The number of ether oxygens (including phenoxy) is 5. The number of rotatable bonds is 12. The first-order chi connectivity index (χ1) is 20.9. The zero-order chi connectivity index (χ0) is 30.8. The molecule has 3 aromatic carbocycles. The van der Waals surface area contributed by atoms with Crippen molar-refractivity contribution in [3.8, 4) is 28.7 Å². The fourth-order valence-electron chi connectivity index (χ4n) is 4.96. The molecule has 9 nitrogen and oxygen atoms in total. The van der Waals surface area contributed by atoms with Crippen molar-refractivity contribution in [1.82, 2.24) is 9.80 Å². The molecule has 3 aromatic rings. The number of methoxy groups -OCH3 is 4. The lowest BCUT2D eigenvalue weighted by molar-refractivity contribution is -0.127. The number of hydrogen-bond donors (Lipinski definition) is 0. The number of carbonyl (C=O) groups excluding carboxylic acids is 2. The van der Waals surface area contributed by atoms with Gasteiger partial charge >= 0.3 is 0 Å². The van der Waals surface area contributed by atoms with Crippen LogP contribution >= 0.6 is 0 Å². The van der Waals surface area contributed by atoms with E-state index in [0.29, 0.717) is 67.1 Å². The van der Waals surface area contributed by atoms with Crippen LogP contribution in [-0.2, 0) is 4.79 Å². The van der Waals surface area contributed by atoms with Crippen LogP contribution in [-0.4, -0.2) is 82.8 Å². The minimum Gasteiger partial charge on any atom is -0.493 e. The molecule has 0 aliphatic carbocycles. The van der Waals surface area contributed by atoms with Crippen LogP contribution in [0.3, 0.4) is 0 Å². The van der Waals surface area contributed by atoms with Gasteiger partial charge in [0.2, 0.25) is 11.7 Å². The van der Waals surface area contributed by atoms with Gasteiger partial charge in [-0.1, -0.05) is 49.7 Å². The Labute approximate surface area is 253 Å². The Balaban J connectivity index is 1.52. The third-order valence-corrected chi connectivity index (χ3v) is 7.37. The summed E-state index contributed by atoms with van der Waals surface area (Å²) in [6, 6.07) is 18.8. The maximum absolute atomic E-state index is 13.6. The van der Waals surface area contributed by atoms with Crippen LogP contribution in [0.1, 0.15) is 41.3 Å². The molecule has 2 amide bonds. The van der Waals surface area contributed by atoms with Gasteiger partial charge in [-0.2, -0.15) is 0 Å². The molecule has 1 aliphatic rings. The molecule has 0 unspecified atom stereocenters. The molecular formula is C34H40N2O7. The second-order valence-electron chi connectivity index (χ2n) is 10.0. The maximum atomic E-state index is 13.6. The monoisotopic (exact) mass is 588 g/mol. The van der Waals surface area contributed by atoms with E-state index in [9.17, 15) is 9.59 Å². The molecule has 1 fully saturated rings. The number of unbranched alkanes of at least 4 members (excludes halogenated alkanes) is 1. The van der Waals surface area contributed by atoms with Crippen molar-refractivity contribution in [3.05, 3.63) is 83.4 Å². The van der Waals surface area contributed by atoms with E-state index in [1.807, 2.05) is 48.5 Å². The number of carbonyl (C=O) groups is 2. The van der Waals surface area contributed by atoms with Crippen LogP contribution < -0.4 is 23.7 Å². The van der Waals surface area contributed by atoms with Gasteiger partial charge in [-0.05, 0) is 47.4 Å². The molecule has 1 heterocycles. The van der Waals surface area contributed by atoms with Crippen molar-refractivity contribution in [2.45, 2.75) is 19.8 Å². The first-order valence-corrected chi connectivity index (χ1v) is 14.4. The van der Waals surface area contributed by atoms with Crippen molar-refractivity contribution < 1.29 is 33.3 Å². The third kappa shape index (κ3) is 7.41. The van der Waals surface area contributed by atoms with Crippen LogP contribution in [0.15, 0.2) is 66.7 Å². The van der Waals surface area contributed by atoms with Gasteiger partial charge in [0.25, 0.3) is 5.91 Å². The molecule has 0 radical (unpaired) electrons. The molecular weight excluding hydrogens is 548 g/mol. The van der Waals surface area contributed by atoms with Gasteiger partial charge < -0.3 is 33.5 Å². The first kappa shape index (κ1) is 31.3. The van der Waals surface area contributed by atoms with E-state index in [0.717, 1.165) is 29.5 Å². The Hall–Kier alpha value is -4.66. The standard InChI is InChI=1S/C34H40N2O7/c1-6-7-19-43-28-14-13-25(20-29(28)39-2)27(24-11-9-8-10-12-24)23-32(37)35-15-17-36(18-16-35)34(38)26-21-30(40-3)33(42-5)31(22-26)41-4/h8-14,20-23H,6-7,15-19H2,1-5H3. The van der Waals surface area contributed by atoms with Crippen molar-refractivity contribution in [3.63, 3.8) is 0 Å². The van der Waals surface area contributed by atoms with Crippen molar-refractivity contribution in [1.29, 1.82) is 0 Å². The summed E-state index contributed by atoms with van der Waals surface area (Å²) in [4.78, 5) is 30.4. The number of piperazine rings is 1. The van der Waals surface area contributed by atoms with Crippen LogP contribution in [0.25, 0.3) is 5.57 Å². The van der Waals surface area contributed by atoms with Gasteiger partial charge in [-0.15, -0.1) is 0 Å². The summed E-state index contributed by atoms with van der Waals surface area (Å²) in [5.41, 5.74) is 2.96. The molecule has 0 N–H and O–H groups in total. The normalized spacial score (nSPS) is 13.4. The summed E-state index contributed by atoms with van der Waals surface area (Å²) in [5.74, 6) is 2.24. The second kappa shape index (κ2) is 15.0. The molecule has 0 atom stereocenters. The molecule has 1 aliphatic heterocycles. The topological polar surface area (TPSA) is 86.8 Å². The highest BCUT2D eigenvalue weighted by Crippen LogP contribution is 2.38. The van der Waals surface area contributed by atoms with Crippen LogP contribution in [0.5, 0.6) is 28.7 Å². The van der Waals surface area contributed by atoms with Gasteiger partial charge in [0.1, 0.15) is 0 Å². The Morgan fingerprint density at radius 1 is 0.698 bits per heavy atom. The molecule has 228 valence electrons. The fraction of sp³-hybridized carbons (Fsp3) is 0.353. The van der Waals surface area contributed by atoms with Gasteiger partial charge in [-0.3, -0.25) is 9.59 Å². The predicted molar refractivity (Wildman–Crippen MR) is 165 cm³/mol. The zero-order valence-corrected chi connectivity index (χ0v) is 25.6. The molecule has 1 saturated heterocycles. The van der Waals surface area contributed by atoms with E-state index >= 15 is 0 Å². The smallest absolute Gasteiger partial charge is 0.254 e.